The summed E-state index contributed by atoms with van der Waals surface area (Å²) < 4.78 is 68.5. The standard InChI is InChI=1S/C18H19ClF2N6O4S/c1-10(16(31-3)17-22-7-11(19)8-23-17)32(28,29)26-18-25-24-14(9-30-2)27(18)15-12(20)5-4-6-13(15)21/h4-8,10,16H,9H2,1-3H3,(H,25,26). The Morgan fingerprint density at radius 1 is 1.16 bits per heavy atom. The van der Waals surface area contributed by atoms with Gasteiger partial charge in [0.05, 0.1) is 5.02 Å². The van der Waals surface area contributed by atoms with Crippen LogP contribution in [0.2, 0.25) is 5.02 Å². The summed E-state index contributed by atoms with van der Waals surface area (Å²) in [7, 11) is -1.60. The lowest BCUT2D eigenvalue weighted by Gasteiger charge is -2.22. The van der Waals surface area contributed by atoms with Gasteiger partial charge < -0.3 is 9.47 Å². The highest BCUT2D eigenvalue weighted by molar-refractivity contribution is 7.93. The quantitative estimate of drug-likeness (QED) is 0.488. The number of benzene rings is 1. The van der Waals surface area contributed by atoms with Crippen molar-refractivity contribution >= 4 is 27.6 Å². The van der Waals surface area contributed by atoms with E-state index in [1.807, 2.05) is 0 Å². The van der Waals surface area contributed by atoms with Crippen LogP contribution in [0, 0.1) is 11.6 Å². The fraction of sp³-hybridized carbons (Fsp3) is 0.333. The van der Waals surface area contributed by atoms with Crippen LogP contribution in [0.15, 0.2) is 30.6 Å². The molecule has 1 aromatic carbocycles. The molecule has 3 rings (SSSR count). The topological polar surface area (TPSA) is 121 Å². The van der Waals surface area contributed by atoms with Crippen molar-refractivity contribution < 1.29 is 26.7 Å². The second-order valence-electron chi connectivity index (χ2n) is 6.55. The molecule has 0 fully saturated rings. The lowest BCUT2D eigenvalue weighted by molar-refractivity contribution is 0.0950. The normalized spacial score (nSPS) is 13.7. The van der Waals surface area contributed by atoms with E-state index in [4.69, 9.17) is 21.1 Å². The molecule has 0 saturated carbocycles. The summed E-state index contributed by atoms with van der Waals surface area (Å²) >= 11 is 5.78. The Labute approximate surface area is 187 Å². The minimum Gasteiger partial charge on any atom is -0.377 e. The smallest absolute Gasteiger partial charge is 0.243 e. The number of ether oxygens (including phenoxy) is 2. The highest BCUT2D eigenvalue weighted by Gasteiger charge is 2.34. The molecule has 0 saturated heterocycles. The van der Waals surface area contributed by atoms with E-state index in [0.717, 1.165) is 16.7 Å². The monoisotopic (exact) mass is 488 g/mol. The van der Waals surface area contributed by atoms with Gasteiger partial charge in [0.25, 0.3) is 0 Å². The van der Waals surface area contributed by atoms with Crippen molar-refractivity contribution in [3.8, 4) is 5.69 Å². The van der Waals surface area contributed by atoms with Gasteiger partial charge in [0.15, 0.2) is 11.6 Å². The molecule has 2 aromatic heterocycles. The summed E-state index contributed by atoms with van der Waals surface area (Å²) in [5.74, 6) is -2.26. The van der Waals surface area contributed by atoms with Crippen LogP contribution in [0.3, 0.4) is 0 Å². The van der Waals surface area contributed by atoms with E-state index in [-0.39, 0.29) is 23.3 Å². The van der Waals surface area contributed by atoms with Crippen molar-refractivity contribution in [3.63, 3.8) is 0 Å². The predicted molar refractivity (Wildman–Crippen MR) is 111 cm³/mol. The number of nitrogens with one attached hydrogen (secondary N) is 1. The number of nitrogens with zero attached hydrogens (tertiary/aromatic N) is 5. The molecule has 10 nitrogen and oxygen atoms in total. The third-order valence-electron chi connectivity index (χ3n) is 4.46. The predicted octanol–water partition coefficient (Wildman–Crippen LogP) is 2.65. The Bertz CT molecular complexity index is 1170. The van der Waals surface area contributed by atoms with Gasteiger partial charge in [0, 0.05) is 26.6 Å². The second-order valence-corrected chi connectivity index (χ2v) is 9.02. The highest BCUT2D eigenvalue weighted by atomic mass is 35.5. The first kappa shape index (κ1) is 23.9. The molecule has 2 heterocycles. The molecule has 32 heavy (non-hydrogen) atoms. The molecule has 0 amide bonds. The first-order valence-corrected chi connectivity index (χ1v) is 11.0. The van der Waals surface area contributed by atoms with Crippen molar-refractivity contribution in [2.24, 2.45) is 0 Å². The maximum atomic E-state index is 14.5. The number of methoxy groups -OCH3 is 2. The van der Waals surface area contributed by atoms with Crippen molar-refractivity contribution in [2.75, 3.05) is 18.9 Å². The molecule has 2 atom stereocenters. The van der Waals surface area contributed by atoms with Gasteiger partial charge in [-0.05, 0) is 19.1 Å². The molecule has 172 valence electrons. The number of hydrogen-bond acceptors (Lipinski definition) is 8. The second kappa shape index (κ2) is 9.81. The molecule has 0 bridgehead atoms. The van der Waals surface area contributed by atoms with Gasteiger partial charge in [-0.3, -0.25) is 9.29 Å². The Kier molecular flexibility index (Phi) is 7.33. The fourth-order valence-electron chi connectivity index (χ4n) is 2.90. The fourth-order valence-corrected chi connectivity index (χ4v) is 4.13. The number of halogens is 3. The Hall–Kier alpha value is -2.74. The first-order valence-electron chi connectivity index (χ1n) is 9.09. The SMILES string of the molecule is COCc1nnc(NS(=O)(=O)C(C)C(OC)c2ncc(Cl)cn2)n1-c1c(F)cccc1F. The van der Waals surface area contributed by atoms with E-state index in [9.17, 15) is 17.2 Å². The van der Waals surface area contributed by atoms with Crippen LogP contribution in [-0.4, -0.2) is 52.6 Å². The Morgan fingerprint density at radius 3 is 2.34 bits per heavy atom. The maximum absolute atomic E-state index is 14.5. The van der Waals surface area contributed by atoms with Crippen molar-refractivity contribution in [3.05, 3.63) is 58.9 Å². The molecule has 1 N–H and O–H groups in total. The van der Waals surface area contributed by atoms with E-state index in [0.29, 0.717) is 0 Å². The van der Waals surface area contributed by atoms with Gasteiger partial charge >= 0.3 is 0 Å². The van der Waals surface area contributed by atoms with Crippen LogP contribution < -0.4 is 4.72 Å². The summed E-state index contributed by atoms with van der Waals surface area (Å²) in [5, 5.41) is 6.57. The van der Waals surface area contributed by atoms with Gasteiger partial charge in [-0.15, -0.1) is 10.2 Å². The molecule has 14 heteroatoms. The summed E-state index contributed by atoms with van der Waals surface area (Å²) in [6, 6.07) is 3.22. The van der Waals surface area contributed by atoms with E-state index in [2.05, 4.69) is 24.9 Å². The van der Waals surface area contributed by atoms with Gasteiger partial charge in [-0.1, -0.05) is 17.7 Å². The maximum Gasteiger partial charge on any atom is 0.243 e. The van der Waals surface area contributed by atoms with Gasteiger partial charge in [0.1, 0.15) is 35.3 Å². The number of para-hydroxylation sites is 1. The van der Waals surface area contributed by atoms with Gasteiger partial charge in [-0.25, -0.2) is 27.2 Å². The van der Waals surface area contributed by atoms with Crippen molar-refractivity contribution in [1.29, 1.82) is 0 Å². The molecule has 0 spiro atoms. The van der Waals surface area contributed by atoms with Crippen molar-refractivity contribution in [2.45, 2.75) is 24.9 Å². The summed E-state index contributed by atoms with van der Waals surface area (Å²) in [4.78, 5) is 8.00. The number of hydrogen-bond donors (Lipinski definition) is 1. The molecule has 2 unspecified atom stereocenters. The van der Waals surface area contributed by atoms with Crippen LogP contribution in [0.5, 0.6) is 0 Å². The van der Waals surface area contributed by atoms with Gasteiger partial charge in [-0.2, -0.15) is 0 Å². The first-order chi connectivity index (χ1) is 15.2. The third kappa shape index (κ3) is 4.85. The van der Waals surface area contributed by atoms with E-state index in [1.54, 1.807) is 0 Å². The largest absolute Gasteiger partial charge is 0.377 e. The summed E-state index contributed by atoms with van der Waals surface area (Å²) in [6.07, 6.45) is 1.53. The van der Waals surface area contributed by atoms with Crippen LogP contribution in [0.1, 0.15) is 24.7 Å². The lowest BCUT2D eigenvalue weighted by Crippen LogP contribution is -2.33. The number of aromatic nitrogens is 5. The molecule has 3 aromatic rings. The lowest BCUT2D eigenvalue weighted by atomic mass is 10.2. The Morgan fingerprint density at radius 2 is 1.78 bits per heavy atom. The van der Waals surface area contributed by atoms with Crippen LogP contribution in [-0.2, 0) is 26.1 Å². The zero-order chi connectivity index (χ0) is 23.5. The highest BCUT2D eigenvalue weighted by Crippen LogP contribution is 2.27. The third-order valence-corrected chi connectivity index (χ3v) is 6.35. The Balaban J connectivity index is 2.01. The van der Waals surface area contributed by atoms with Crippen LogP contribution in [0.4, 0.5) is 14.7 Å². The van der Waals surface area contributed by atoms with Crippen LogP contribution >= 0.6 is 11.6 Å². The number of sulfonamides is 1. The molecule has 0 aliphatic heterocycles. The zero-order valence-corrected chi connectivity index (χ0v) is 18.7. The summed E-state index contributed by atoms with van der Waals surface area (Å²) in [6.45, 7) is 1.17. The minimum absolute atomic E-state index is 0.0221. The van der Waals surface area contributed by atoms with Gasteiger partial charge in [0.2, 0.25) is 16.0 Å². The summed E-state index contributed by atoms with van der Waals surface area (Å²) in [5.41, 5.74) is -0.556. The zero-order valence-electron chi connectivity index (χ0n) is 17.2. The van der Waals surface area contributed by atoms with Crippen LogP contribution in [0.25, 0.3) is 5.69 Å². The molecule has 0 aliphatic carbocycles. The number of rotatable bonds is 9. The molecular formula is C18H19ClF2N6O4S. The minimum atomic E-state index is -4.24. The van der Waals surface area contributed by atoms with Crippen molar-refractivity contribution in [1.82, 2.24) is 24.7 Å². The van der Waals surface area contributed by atoms with E-state index in [1.165, 1.54) is 39.6 Å². The molecule has 0 radical (unpaired) electrons. The average molecular weight is 489 g/mol. The molecule has 0 aliphatic rings. The van der Waals surface area contributed by atoms with E-state index < -0.39 is 44.6 Å². The molecular weight excluding hydrogens is 470 g/mol. The number of anilines is 1. The van der Waals surface area contributed by atoms with E-state index >= 15 is 0 Å². The average Bonchev–Trinajstić information content (AvgIpc) is 3.11.